The van der Waals surface area contributed by atoms with E-state index in [1.54, 1.807) is 29.2 Å². The van der Waals surface area contributed by atoms with E-state index in [0.29, 0.717) is 42.0 Å². The summed E-state index contributed by atoms with van der Waals surface area (Å²) in [7, 11) is 0. The van der Waals surface area contributed by atoms with Gasteiger partial charge in [-0.25, -0.2) is 4.79 Å². The third-order valence-electron chi connectivity index (χ3n) is 4.73. The van der Waals surface area contributed by atoms with Gasteiger partial charge in [-0.05, 0) is 36.8 Å². The lowest BCUT2D eigenvalue weighted by atomic mass is 10.2. The highest BCUT2D eigenvalue weighted by Crippen LogP contribution is 2.35. The Kier molecular flexibility index (Phi) is 5.00. The third kappa shape index (κ3) is 3.84. The van der Waals surface area contributed by atoms with E-state index in [9.17, 15) is 9.59 Å². The molecule has 0 saturated carbocycles. The Hall–Kier alpha value is -2.93. The number of benzene rings is 2. The van der Waals surface area contributed by atoms with Crippen LogP contribution in [0.1, 0.15) is 12.0 Å². The molecule has 0 aliphatic carbocycles. The molecular formula is C20H20ClN3O4. The zero-order valence-electron chi connectivity index (χ0n) is 15.3. The summed E-state index contributed by atoms with van der Waals surface area (Å²) >= 11 is 6.08. The molecule has 146 valence electrons. The molecule has 28 heavy (non-hydrogen) atoms. The maximum atomic E-state index is 12.4. The smallest absolute Gasteiger partial charge is 0.319 e. The summed E-state index contributed by atoms with van der Waals surface area (Å²) in [6.07, 6.45) is 0.233. The summed E-state index contributed by atoms with van der Waals surface area (Å²) in [4.78, 5) is 26.4. The van der Waals surface area contributed by atoms with Gasteiger partial charge in [0.15, 0.2) is 11.5 Å². The molecule has 0 bridgehead atoms. The van der Waals surface area contributed by atoms with Crippen molar-refractivity contribution in [3.63, 3.8) is 0 Å². The first-order chi connectivity index (χ1) is 13.5. The Morgan fingerprint density at radius 1 is 1.14 bits per heavy atom. The Morgan fingerprint density at radius 2 is 1.93 bits per heavy atom. The van der Waals surface area contributed by atoms with E-state index in [4.69, 9.17) is 21.1 Å². The lowest BCUT2D eigenvalue weighted by molar-refractivity contribution is -0.117. The number of carbonyl (C=O) groups is 2. The molecule has 2 N–H and O–H groups in total. The van der Waals surface area contributed by atoms with Crippen molar-refractivity contribution in [2.24, 2.45) is 0 Å². The van der Waals surface area contributed by atoms with Crippen LogP contribution in [0.5, 0.6) is 11.5 Å². The highest BCUT2D eigenvalue weighted by atomic mass is 35.5. The molecule has 4 rings (SSSR count). The summed E-state index contributed by atoms with van der Waals surface area (Å²) in [5.41, 5.74) is 2.26. The van der Waals surface area contributed by atoms with E-state index in [0.717, 1.165) is 11.3 Å². The number of fused-ring (bicyclic) bond motifs is 1. The van der Waals surface area contributed by atoms with Crippen molar-refractivity contribution < 1.29 is 19.1 Å². The maximum Gasteiger partial charge on any atom is 0.319 e. The normalized spacial score (nSPS) is 18.1. The minimum atomic E-state index is -0.373. The second-order valence-corrected chi connectivity index (χ2v) is 7.20. The monoisotopic (exact) mass is 401 g/mol. The molecule has 3 amide bonds. The topological polar surface area (TPSA) is 79.9 Å². The van der Waals surface area contributed by atoms with Crippen LogP contribution in [0.3, 0.4) is 0 Å². The van der Waals surface area contributed by atoms with Crippen LogP contribution in [-0.2, 0) is 4.79 Å². The molecule has 0 aromatic heterocycles. The van der Waals surface area contributed by atoms with Crippen LogP contribution in [0.25, 0.3) is 0 Å². The highest BCUT2D eigenvalue weighted by Gasteiger charge is 2.32. The number of anilines is 2. The molecular weight excluding hydrogens is 382 g/mol. The fraction of sp³-hybridized carbons (Fsp3) is 0.300. The molecule has 2 aliphatic rings. The molecule has 1 fully saturated rings. The second kappa shape index (κ2) is 7.59. The van der Waals surface area contributed by atoms with E-state index >= 15 is 0 Å². The van der Waals surface area contributed by atoms with Gasteiger partial charge in [-0.1, -0.05) is 17.7 Å². The average molecular weight is 402 g/mol. The number of urea groups is 1. The minimum absolute atomic E-state index is 0.0552. The molecule has 2 aromatic rings. The Labute approximate surface area is 167 Å². The molecule has 1 saturated heterocycles. The number of halogens is 1. The van der Waals surface area contributed by atoms with Crippen LogP contribution in [0, 0.1) is 6.92 Å². The van der Waals surface area contributed by atoms with E-state index in [1.807, 2.05) is 19.1 Å². The van der Waals surface area contributed by atoms with E-state index in [1.165, 1.54) is 0 Å². The first kappa shape index (κ1) is 18.4. The molecule has 2 heterocycles. The zero-order valence-corrected chi connectivity index (χ0v) is 16.1. The van der Waals surface area contributed by atoms with Gasteiger partial charge in [0.05, 0.1) is 6.04 Å². The van der Waals surface area contributed by atoms with Gasteiger partial charge in [-0.3, -0.25) is 4.79 Å². The van der Waals surface area contributed by atoms with Crippen molar-refractivity contribution in [3.05, 3.63) is 47.0 Å². The maximum absolute atomic E-state index is 12.4. The summed E-state index contributed by atoms with van der Waals surface area (Å²) in [5.74, 6) is 1.25. The highest BCUT2D eigenvalue weighted by molar-refractivity contribution is 6.31. The van der Waals surface area contributed by atoms with E-state index in [-0.39, 0.29) is 24.4 Å². The quantitative estimate of drug-likeness (QED) is 0.826. The van der Waals surface area contributed by atoms with Crippen molar-refractivity contribution in [2.45, 2.75) is 19.4 Å². The van der Waals surface area contributed by atoms with E-state index < -0.39 is 0 Å². The molecule has 7 nitrogen and oxygen atoms in total. The van der Waals surface area contributed by atoms with Crippen molar-refractivity contribution in [2.75, 3.05) is 30.0 Å². The molecule has 0 radical (unpaired) electrons. The van der Waals surface area contributed by atoms with Crippen LogP contribution in [0.4, 0.5) is 16.2 Å². The number of amides is 3. The number of nitrogens with one attached hydrogen (secondary N) is 2. The van der Waals surface area contributed by atoms with Crippen molar-refractivity contribution >= 4 is 34.9 Å². The van der Waals surface area contributed by atoms with Gasteiger partial charge in [0.2, 0.25) is 5.91 Å². The first-order valence-corrected chi connectivity index (χ1v) is 9.41. The standard InChI is InChI=1S/C20H20ClN3O4/c1-12-2-3-13(8-16(12)21)22-20(26)23-14-9-19(25)24(11-14)15-4-5-17-18(10-15)28-7-6-27-17/h2-5,8,10,14H,6-7,9,11H2,1H3,(H2,22,23,26)/t14-/m1/s1. The fourth-order valence-corrected chi connectivity index (χ4v) is 3.46. The van der Waals surface area contributed by atoms with E-state index in [2.05, 4.69) is 10.6 Å². The average Bonchev–Trinajstić information content (AvgIpc) is 3.04. The predicted molar refractivity (Wildman–Crippen MR) is 107 cm³/mol. The molecule has 0 unspecified atom stereocenters. The summed E-state index contributed by atoms with van der Waals surface area (Å²) in [6, 6.07) is 10.1. The largest absolute Gasteiger partial charge is 0.486 e. The zero-order chi connectivity index (χ0) is 19.7. The Morgan fingerprint density at radius 3 is 2.71 bits per heavy atom. The van der Waals surface area contributed by atoms with Crippen molar-refractivity contribution in [1.82, 2.24) is 5.32 Å². The van der Waals surface area contributed by atoms with Gasteiger partial charge < -0.3 is 25.0 Å². The predicted octanol–water partition coefficient (Wildman–Crippen LogP) is 3.35. The number of aryl methyl sites for hydroxylation is 1. The van der Waals surface area contributed by atoms with Crippen molar-refractivity contribution in [1.29, 1.82) is 0 Å². The Balaban J connectivity index is 1.39. The van der Waals surface area contributed by atoms with Gasteiger partial charge in [0.25, 0.3) is 0 Å². The SMILES string of the molecule is Cc1ccc(NC(=O)N[C@@H]2CC(=O)N(c3ccc4c(c3)OCCO4)C2)cc1Cl. The van der Waals surface area contributed by atoms with Crippen LogP contribution >= 0.6 is 11.6 Å². The van der Waals surface area contributed by atoms with Gasteiger partial charge in [-0.2, -0.15) is 0 Å². The summed E-state index contributed by atoms with van der Waals surface area (Å²) in [6.45, 7) is 3.28. The van der Waals surface area contributed by atoms with Gasteiger partial charge in [-0.15, -0.1) is 0 Å². The fourth-order valence-electron chi connectivity index (χ4n) is 3.28. The van der Waals surface area contributed by atoms with Gasteiger partial charge >= 0.3 is 6.03 Å². The molecule has 0 spiro atoms. The number of ether oxygens (including phenoxy) is 2. The van der Waals surface area contributed by atoms with Gasteiger partial charge in [0, 0.05) is 35.4 Å². The lowest BCUT2D eigenvalue weighted by Crippen LogP contribution is -2.39. The third-order valence-corrected chi connectivity index (χ3v) is 5.13. The minimum Gasteiger partial charge on any atom is -0.486 e. The number of hydrogen-bond acceptors (Lipinski definition) is 4. The number of hydrogen-bond donors (Lipinski definition) is 2. The molecule has 8 heteroatoms. The first-order valence-electron chi connectivity index (χ1n) is 9.03. The van der Waals surface area contributed by atoms with Crippen LogP contribution in [0.15, 0.2) is 36.4 Å². The molecule has 2 aliphatic heterocycles. The lowest BCUT2D eigenvalue weighted by Gasteiger charge is -2.22. The number of carbonyl (C=O) groups excluding carboxylic acids is 2. The summed E-state index contributed by atoms with van der Waals surface area (Å²) < 4.78 is 11.1. The van der Waals surface area contributed by atoms with Crippen LogP contribution in [0.2, 0.25) is 5.02 Å². The second-order valence-electron chi connectivity index (χ2n) is 6.80. The Bertz CT molecular complexity index is 934. The van der Waals surface area contributed by atoms with Crippen molar-refractivity contribution in [3.8, 4) is 11.5 Å². The molecule has 1 atom stereocenters. The molecule has 2 aromatic carbocycles. The van der Waals surface area contributed by atoms with Crippen LogP contribution < -0.4 is 25.0 Å². The van der Waals surface area contributed by atoms with Crippen LogP contribution in [-0.4, -0.2) is 37.7 Å². The van der Waals surface area contributed by atoms with Gasteiger partial charge in [0.1, 0.15) is 13.2 Å². The number of nitrogens with zero attached hydrogens (tertiary/aromatic N) is 1. The summed E-state index contributed by atoms with van der Waals surface area (Å²) in [5, 5.41) is 6.17. The number of rotatable bonds is 3.